The quantitative estimate of drug-likeness (QED) is 0.487. The summed E-state index contributed by atoms with van der Waals surface area (Å²) >= 11 is 0. The minimum atomic E-state index is -0.0297. The van der Waals surface area contributed by atoms with E-state index in [1.165, 1.54) is 12.8 Å². The number of carbonyl (C=O) groups excluding carboxylic acids is 1. The van der Waals surface area contributed by atoms with Gasteiger partial charge >= 0.3 is 0 Å². The largest absolute Gasteiger partial charge is 0.492 e. The second kappa shape index (κ2) is 11.2. The van der Waals surface area contributed by atoms with Crippen LogP contribution in [0.1, 0.15) is 29.7 Å². The average Bonchev–Trinajstić information content (AvgIpc) is 2.88. The Bertz CT molecular complexity index is 1150. The molecule has 0 aliphatic carbocycles. The number of carbonyl (C=O) groups is 1. The number of benzene rings is 2. The normalized spacial score (nSPS) is 16.9. The number of aromatic nitrogens is 1. The van der Waals surface area contributed by atoms with Crippen molar-refractivity contribution in [3.8, 4) is 16.9 Å². The van der Waals surface area contributed by atoms with Gasteiger partial charge in [0.1, 0.15) is 12.4 Å². The molecule has 0 atom stereocenters. The maximum absolute atomic E-state index is 12.3. The van der Waals surface area contributed by atoms with Gasteiger partial charge in [0.25, 0.3) is 0 Å². The molecule has 2 saturated heterocycles. The van der Waals surface area contributed by atoms with Crippen molar-refractivity contribution in [1.29, 1.82) is 0 Å². The van der Waals surface area contributed by atoms with Crippen molar-refractivity contribution in [2.75, 3.05) is 39.5 Å². The Morgan fingerprint density at radius 1 is 1.08 bits per heavy atom. The highest BCUT2D eigenvalue weighted by molar-refractivity contribution is 5.78. The maximum Gasteiger partial charge on any atom is 0.226 e. The summed E-state index contributed by atoms with van der Waals surface area (Å²) in [4.78, 5) is 19.3. The van der Waals surface area contributed by atoms with Crippen molar-refractivity contribution < 1.29 is 14.3 Å². The van der Waals surface area contributed by atoms with Crippen LogP contribution in [0.3, 0.4) is 0 Å². The molecule has 1 spiro atoms. The molecule has 1 aromatic heterocycles. The smallest absolute Gasteiger partial charge is 0.226 e. The lowest BCUT2D eigenvalue weighted by atomic mass is 9.77. The first-order chi connectivity index (χ1) is 17.6. The lowest BCUT2D eigenvalue weighted by Crippen LogP contribution is -2.51. The number of pyridine rings is 1. The minimum absolute atomic E-state index is 0.0297. The van der Waals surface area contributed by atoms with Crippen molar-refractivity contribution in [2.24, 2.45) is 5.41 Å². The lowest BCUT2D eigenvalue weighted by Gasteiger charge is -2.47. The first-order valence-corrected chi connectivity index (χ1v) is 12.9. The summed E-state index contributed by atoms with van der Waals surface area (Å²) in [5.74, 6) is 0.870. The molecular formula is C30H35N3O3. The molecule has 1 amide bonds. The van der Waals surface area contributed by atoms with Gasteiger partial charge < -0.3 is 14.8 Å². The van der Waals surface area contributed by atoms with E-state index in [9.17, 15) is 4.79 Å². The number of amides is 1. The van der Waals surface area contributed by atoms with E-state index in [0.29, 0.717) is 18.6 Å². The third kappa shape index (κ3) is 6.12. The van der Waals surface area contributed by atoms with Crippen LogP contribution in [0.15, 0.2) is 66.9 Å². The molecule has 188 valence electrons. The number of ether oxygens (including phenoxy) is 2. The molecular weight excluding hydrogens is 450 g/mol. The van der Waals surface area contributed by atoms with Crippen LogP contribution in [0.25, 0.3) is 11.1 Å². The molecule has 0 saturated carbocycles. The van der Waals surface area contributed by atoms with Gasteiger partial charge in [-0.2, -0.15) is 0 Å². The van der Waals surface area contributed by atoms with Gasteiger partial charge in [0.05, 0.1) is 19.6 Å². The Morgan fingerprint density at radius 3 is 2.56 bits per heavy atom. The third-order valence-corrected chi connectivity index (χ3v) is 7.42. The number of nitrogens with zero attached hydrogens (tertiary/aromatic N) is 2. The summed E-state index contributed by atoms with van der Waals surface area (Å²) in [6.45, 7) is 8.46. The number of hydrogen-bond acceptors (Lipinski definition) is 5. The maximum atomic E-state index is 12.3. The molecule has 2 fully saturated rings. The standard InChI is InChI=1S/C30H35N3O3/c1-23-17-27(36-16-15-33-13-11-30(12-14-33)21-35-22-30)9-10-28(23)25-7-8-26(31-20-25)18-29(34)32-19-24-5-3-2-4-6-24/h2-10,17,20H,11-16,18-19,21-22H2,1H3,(H,32,34). The molecule has 3 heterocycles. The predicted octanol–water partition coefficient (Wildman–Crippen LogP) is 4.41. The molecule has 0 unspecified atom stereocenters. The van der Waals surface area contributed by atoms with Crippen molar-refractivity contribution in [2.45, 2.75) is 32.7 Å². The van der Waals surface area contributed by atoms with Gasteiger partial charge in [0.2, 0.25) is 5.91 Å². The molecule has 2 aliphatic rings. The van der Waals surface area contributed by atoms with Crippen LogP contribution in [0, 0.1) is 12.3 Å². The number of aryl methyl sites for hydroxylation is 1. The van der Waals surface area contributed by atoms with E-state index in [-0.39, 0.29) is 12.3 Å². The first kappa shape index (κ1) is 24.5. The highest BCUT2D eigenvalue weighted by Crippen LogP contribution is 2.38. The van der Waals surface area contributed by atoms with Gasteiger partial charge in [-0.15, -0.1) is 0 Å². The Balaban J connectivity index is 1.08. The zero-order valence-corrected chi connectivity index (χ0v) is 21.0. The Labute approximate surface area is 213 Å². The Morgan fingerprint density at radius 2 is 1.89 bits per heavy atom. The van der Waals surface area contributed by atoms with Gasteiger partial charge in [-0.3, -0.25) is 14.7 Å². The average molecular weight is 486 g/mol. The zero-order valence-electron chi connectivity index (χ0n) is 21.0. The zero-order chi connectivity index (χ0) is 24.8. The Kier molecular flexibility index (Phi) is 7.63. The van der Waals surface area contributed by atoms with Crippen LogP contribution in [0.4, 0.5) is 0 Å². The number of hydrogen-bond donors (Lipinski definition) is 1. The van der Waals surface area contributed by atoms with Gasteiger partial charge in [-0.05, 0) is 67.7 Å². The van der Waals surface area contributed by atoms with E-state index in [0.717, 1.165) is 66.5 Å². The number of nitrogens with one attached hydrogen (secondary N) is 1. The van der Waals surface area contributed by atoms with Crippen LogP contribution in [-0.4, -0.2) is 55.2 Å². The van der Waals surface area contributed by atoms with Gasteiger partial charge in [0.15, 0.2) is 0 Å². The summed E-state index contributed by atoms with van der Waals surface area (Å²) in [5.41, 5.74) is 5.63. The summed E-state index contributed by atoms with van der Waals surface area (Å²) in [6, 6.07) is 20.1. The van der Waals surface area contributed by atoms with E-state index < -0.39 is 0 Å². The van der Waals surface area contributed by atoms with Crippen molar-refractivity contribution in [1.82, 2.24) is 15.2 Å². The van der Waals surface area contributed by atoms with Crippen LogP contribution in [-0.2, 0) is 22.5 Å². The Hall–Kier alpha value is -3.22. The van der Waals surface area contributed by atoms with E-state index in [1.807, 2.05) is 54.7 Å². The van der Waals surface area contributed by atoms with Crippen LogP contribution in [0.2, 0.25) is 0 Å². The predicted molar refractivity (Wildman–Crippen MR) is 141 cm³/mol. The highest BCUT2D eigenvalue weighted by atomic mass is 16.5. The monoisotopic (exact) mass is 485 g/mol. The first-order valence-electron chi connectivity index (χ1n) is 12.9. The molecule has 3 aromatic rings. The summed E-state index contributed by atoms with van der Waals surface area (Å²) in [5, 5.41) is 2.95. The fraction of sp³-hybridized carbons (Fsp3) is 0.400. The fourth-order valence-corrected chi connectivity index (χ4v) is 4.98. The summed E-state index contributed by atoms with van der Waals surface area (Å²) < 4.78 is 11.5. The molecule has 6 nitrogen and oxygen atoms in total. The second-order valence-corrected chi connectivity index (χ2v) is 10.1. The fourth-order valence-electron chi connectivity index (χ4n) is 4.98. The number of likely N-dealkylation sites (tertiary alicyclic amines) is 1. The van der Waals surface area contributed by atoms with Crippen molar-refractivity contribution >= 4 is 5.91 Å². The molecule has 2 aliphatic heterocycles. The van der Waals surface area contributed by atoms with Gasteiger partial charge in [-0.1, -0.05) is 42.5 Å². The van der Waals surface area contributed by atoms with Crippen molar-refractivity contribution in [3.63, 3.8) is 0 Å². The third-order valence-electron chi connectivity index (χ3n) is 7.42. The van der Waals surface area contributed by atoms with Gasteiger partial charge in [-0.25, -0.2) is 0 Å². The minimum Gasteiger partial charge on any atom is -0.492 e. The molecule has 0 radical (unpaired) electrons. The second-order valence-electron chi connectivity index (χ2n) is 10.1. The highest BCUT2D eigenvalue weighted by Gasteiger charge is 2.40. The molecule has 2 aromatic carbocycles. The summed E-state index contributed by atoms with van der Waals surface area (Å²) in [7, 11) is 0. The molecule has 0 bridgehead atoms. The van der Waals surface area contributed by atoms with Crippen LogP contribution in [0.5, 0.6) is 5.75 Å². The van der Waals surface area contributed by atoms with Crippen molar-refractivity contribution in [3.05, 3.63) is 83.7 Å². The molecule has 5 rings (SSSR count). The van der Waals surface area contributed by atoms with E-state index >= 15 is 0 Å². The molecule has 6 heteroatoms. The van der Waals surface area contributed by atoms with Gasteiger partial charge in [0, 0.05) is 36.0 Å². The number of rotatable bonds is 9. The van der Waals surface area contributed by atoms with E-state index in [2.05, 4.69) is 34.3 Å². The molecule has 36 heavy (non-hydrogen) atoms. The van der Waals surface area contributed by atoms with E-state index in [1.54, 1.807) is 0 Å². The van der Waals surface area contributed by atoms with Crippen LogP contribution >= 0.6 is 0 Å². The topological polar surface area (TPSA) is 63.7 Å². The number of piperidine rings is 1. The molecule has 1 N–H and O–H groups in total. The SMILES string of the molecule is Cc1cc(OCCN2CCC3(CC2)COC3)ccc1-c1ccc(CC(=O)NCc2ccccc2)nc1. The van der Waals surface area contributed by atoms with Crippen LogP contribution < -0.4 is 10.1 Å². The van der Waals surface area contributed by atoms with E-state index in [4.69, 9.17) is 9.47 Å². The summed E-state index contributed by atoms with van der Waals surface area (Å²) in [6.07, 6.45) is 4.60. The lowest BCUT2D eigenvalue weighted by molar-refractivity contribution is -0.139.